The molecular weight excluding hydrogens is 354 g/mol. The summed E-state index contributed by atoms with van der Waals surface area (Å²) in [6.07, 6.45) is 2.60. The van der Waals surface area contributed by atoms with Crippen molar-refractivity contribution in [2.24, 2.45) is 0 Å². The van der Waals surface area contributed by atoms with Gasteiger partial charge in [0.15, 0.2) is 0 Å². The quantitative estimate of drug-likeness (QED) is 0.520. The van der Waals surface area contributed by atoms with Crippen LogP contribution in [0.25, 0.3) is 0 Å². The number of benzene rings is 2. The van der Waals surface area contributed by atoms with Gasteiger partial charge in [-0.1, -0.05) is 36.4 Å². The van der Waals surface area contributed by atoms with E-state index in [9.17, 15) is 0 Å². The molecule has 0 bridgehead atoms. The number of ether oxygens (including phenoxy) is 4. The van der Waals surface area contributed by atoms with Gasteiger partial charge >= 0.3 is 0 Å². The number of methoxy groups -OCH3 is 1. The predicted molar refractivity (Wildman–Crippen MR) is 110 cm³/mol. The van der Waals surface area contributed by atoms with Crippen LogP contribution in [-0.2, 0) is 16.0 Å². The molecule has 152 valence electrons. The van der Waals surface area contributed by atoms with Gasteiger partial charge in [-0.2, -0.15) is 0 Å². The molecule has 1 unspecified atom stereocenters. The Kier molecular flexibility index (Phi) is 8.62. The number of para-hydroxylation sites is 2. The van der Waals surface area contributed by atoms with Crippen molar-refractivity contribution >= 4 is 0 Å². The van der Waals surface area contributed by atoms with Crippen LogP contribution in [0.4, 0.5) is 0 Å². The van der Waals surface area contributed by atoms with E-state index in [1.165, 1.54) is 5.56 Å². The van der Waals surface area contributed by atoms with Gasteiger partial charge in [0.1, 0.15) is 18.1 Å². The lowest BCUT2D eigenvalue weighted by atomic mass is 10.1. The minimum Gasteiger partial charge on any atom is -0.496 e. The van der Waals surface area contributed by atoms with Crippen molar-refractivity contribution in [1.82, 2.24) is 4.90 Å². The van der Waals surface area contributed by atoms with Crippen LogP contribution < -0.4 is 9.47 Å². The van der Waals surface area contributed by atoms with Crippen molar-refractivity contribution < 1.29 is 18.9 Å². The Morgan fingerprint density at radius 2 is 1.82 bits per heavy atom. The largest absolute Gasteiger partial charge is 0.496 e. The fraction of sp³-hybridized carbons (Fsp3) is 0.478. The number of hydrogen-bond donors (Lipinski definition) is 0. The number of hydrogen-bond acceptors (Lipinski definition) is 5. The molecule has 5 heteroatoms. The highest BCUT2D eigenvalue weighted by atomic mass is 16.5. The first kappa shape index (κ1) is 20.6. The van der Waals surface area contributed by atoms with Gasteiger partial charge in [-0.25, -0.2) is 0 Å². The van der Waals surface area contributed by atoms with Crippen molar-refractivity contribution in [2.45, 2.75) is 25.5 Å². The van der Waals surface area contributed by atoms with Gasteiger partial charge in [0.25, 0.3) is 0 Å². The molecule has 28 heavy (non-hydrogen) atoms. The van der Waals surface area contributed by atoms with Gasteiger partial charge in [0.05, 0.1) is 26.4 Å². The molecule has 3 rings (SSSR count). The molecule has 1 aliphatic heterocycles. The highest BCUT2D eigenvalue weighted by Gasteiger charge is 2.20. The molecule has 2 aromatic rings. The summed E-state index contributed by atoms with van der Waals surface area (Å²) in [5, 5.41) is 0. The second kappa shape index (κ2) is 11.7. The standard InChI is InChI=1S/C23H31NO4/c1-25-23-12-6-5-8-20(23)18-24(19-22-11-7-14-27-22)13-15-26-16-17-28-21-9-3-2-4-10-21/h2-6,8-10,12,22H,7,11,13-19H2,1H3. The Morgan fingerprint density at radius 3 is 2.61 bits per heavy atom. The zero-order valence-electron chi connectivity index (χ0n) is 16.7. The fourth-order valence-electron chi connectivity index (χ4n) is 3.42. The third-order valence-corrected chi connectivity index (χ3v) is 4.86. The van der Waals surface area contributed by atoms with Crippen LogP contribution >= 0.6 is 0 Å². The van der Waals surface area contributed by atoms with E-state index in [0.29, 0.717) is 25.9 Å². The van der Waals surface area contributed by atoms with Gasteiger partial charge < -0.3 is 18.9 Å². The topological polar surface area (TPSA) is 40.2 Å². The van der Waals surface area contributed by atoms with E-state index < -0.39 is 0 Å². The monoisotopic (exact) mass is 385 g/mol. The van der Waals surface area contributed by atoms with E-state index >= 15 is 0 Å². The van der Waals surface area contributed by atoms with Crippen LogP contribution in [0.15, 0.2) is 54.6 Å². The van der Waals surface area contributed by atoms with Gasteiger partial charge in [-0.15, -0.1) is 0 Å². The third kappa shape index (κ3) is 6.82. The Hall–Kier alpha value is -2.08. The van der Waals surface area contributed by atoms with Crippen molar-refractivity contribution in [3.05, 3.63) is 60.2 Å². The van der Waals surface area contributed by atoms with E-state index in [1.807, 2.05) is 42.5 Å². The minimum atomic E-state index is 0.316. The molecule has 2 aromatic carbocycles. The summed E-state index contributed by atoms with van der Waals surface area (Å²) in [5.74, 6) is 1.80. The molecular formula is C23H31NO4. The maximum absolute atomic E-state index is 5.84. The van der Waals surface area contributed by atoms with Crippen LogP contribution in [0.3, 0.4) is 0 Å². The molecule has 1 aliphatic rings. The van der Waals surface area contributed by atoms with Gasteiger partial charge in [0.2, 0.25) is 0 Å². The highest BCUT2D eigenvalue weighted by molar-refractivity contribution is 5.33. The van der Waals surface area contributed by atoms with E-state index in [2.05, 4.69) is 17.0 Å². The lowest BCUT2D eigenvalue weighted by Crippen LogP contribution is -2.34. The van der Waals surface area contributed by atoms with Crippen LogP contribution in [-0.4, -0.2) is 57.6 Å². The molecule has 0 amide bonds. The minimum absolute atomic E-state index is 0.316. The lowest BCUT2D eigenvalue weighted by molar-refractivity contribution is 0.0441. The average Bonchev–Trinajstić information content (AvgIpc) is 3.24. The maximum atomic E-state index is 5.84. The summed E-state index contributed by atoms with van der Waals surface area (Å²) in [7, 11) is 1.72. The molecule has 1 heterocycles. The molecule has 0 saturated carbocycles. The van der Waals surface area contributed by atoms with Gasteiger partial charge in [0, 0.05) is 31.8 Å². The molecule has 0 aromatic heterocycles. The SMILES string of the molecule is COc1ccccc1CN(CCOCCOc1ccccc1)CC1CCCO1. The van der Waals surface area contributed by atoms with Crippen molar-refractivity contribution in [2.75, 3.05) is 46.6 Å². The number of nitrogens with zero attached hydrogens (tertiary/aromatic N) is 1. The Morgan fingerprint density at radius 1 is 1.00 bits per heavy atom. The normalized spacial score (nSPS) is 16.4. The molecule has 1 saturated heterocycles. The summed E-state index contributed by atoms with van der Waals surface area (Å²) in [6.45, 7) is 5.28. The lowest BCUT2D eigenvalue weighted by Gasteiger charge is -2.26. The van der Waals surface area contributed by atoms with E-state index in [4.69, 9.17) is 18.9 Å². The zero-order chi connectivity index (χ0) is 19.4. The molecule has 1 fully saturated rings. The first-order valence-electron chi connectivity index (χ1n) is 10.1. The predicted octanol–water partition coefficient (Wildman–Crippen LogP) is 3.77. The zero-order valence-corrected chi connectivity index (χ0v) is 16.7. The molecule has 0 N–H and O–H groups in total. The molecule has 0 spiro atoms. The molecule has 5 nitrogen and oxygen atoms in total. The highest BCUT2D eigenvalue weighted by Crippen LogP contribution is 2.21. The first-order chi connectivity index (χ1) is 13.8. The van der Waals surface area contributed by atoms with Gasteiger partial charge in [-0.3, -0.25) is 4.90 Å². The fourth-order valence-corrected chi connectivity index (χ4v) is 3.42. The summed E-state index contributed by atoms with van der Waals surface area (Å²) >= 11 is 0. The molecule has 0 aliphatic carbocycles. The average molecular weight is 386 g/mol. The van der Waals surface area contributed by atoms with Crippen LogP contribution in [0.5, 0.6) is 11.5 Å². The Balaban J connectivity index is 1.43. The second-order valence-electron chi connectivity index (χ2n) is 6.96. The smallest absolute Gasteiger partial charge is 0.123 e. The summed E-state index contributed by atoms with van der Waals surface area (Å²) in [4.78, 5) is 2.39. The molecule has 1 atom stereocenters. The van der Waals surface area contributed by atoms with Crippen LogP contribution in [0.1, 0.15) is 18.4 Å². The Bertz CT molecular complexity index is 673. The third-order valence-electron chi connectivity index (χ3n) is 4.86. The van der Waals surface area contributed by atoms with Crippen molar-refractivity contribution in [3.8, 4) is 11.5 Å². The van der Waals surface area contributed by atoms with Crippen molar-refractivity contribution in [3.63, 3.8) is 0 Å². The van der Waals surface area contributed by atoms with Gasteiger partial charge in [-0.05, 0) is 31.0 Å². The summed E-state index contributed by atoms with van der Waals surface area (Å²) in [5.41, 5.74) is 1.19. The summed E-state index contributed by atoms with van der Waals surface area (Å²) < 4.78 is 22.8. The molecule has 0 radical (unpaired) electrons. The first-order valence-corrected chi connectivity index (χ1v) is 10.1. The Labute approximate surface area is 168 Å². The van der Waals surface area contributed by atoms with E-state index in [0.717, 1.165) is 50.6 Å². The number of rotatable bonds is 12. The van der Waals surface area contributed by atoms with Crippen molar-refractivity contribution in [1.29, 1.82) is 0 Å². The van der Waals surface area contributed by atoms with Crippen LogP contribution in [0.2, 0.25) is 0 Å². The summed E-state index contributed by atoms with van der Waals surface area (Å²) in [6, 6.07) is 18.0. The maximum Gasteiger partial charge on any atom is 0.123 e. The van der Waals surface area contributed by atoms with E-state index in [1.54, 1.807) is 7.11 Å². The second-order valence-corrected chi connectivity index (χ2v) is 6.96. The van der Waals surface area contributed by atoms with Crippen LogP contribution in [0, 0.1) is 0 Å². The van der Waals surface area contributed by atoms with E-state index in [-0.39, 0.29) is 0 Å².